The number of carbonyl (C=O) groups is 3. The van der Waals surface area contributed by atoms with E-state index in [0.717, 1.165) is 43.2 Å². The van der Waals surface area contributed by atoms with Crippen LogP contribution in [0.3, 0.4) is 0 Å². The topological polar surface area (TPSA) is 78.5 Å². The molecule has 0 unspecified atom stereocenters. The van der Waals surface area contributed by atoms with Crippen LogP contribution in [-0.4, -0.2) is 55.7 Å². The molecule has 2 amide bonds. The van der Waals surface area contributed by atoms with E-state index in [-0.39, 0.29) is 11.9 Å². The van der Waals surface area contributed by atoms with E-state index in [1.54, 1.807) is 29.2 Å². The lowest BCUT2D eigenvalue weighted by Gasteiger charge is -2.27. The number of rotatable bonds is 16. The van der Waals surface area contributed by atoms with Crippen molar-refractivity contribution in [3.8, 4) is 0 Å². The van der Waals surface area contributed by atoms with Gasteiger partial charge in [-0.25, -0.2) is 0 Å². The molecule has 0 saturated heterocycles. The summed E-state index contributed by atoms with van der Waals surface area (Å²) in [6.45, 7) is 11.9. The molecule has 0 heterocycles. The Bertz CT molecular complexity index is 887. The number of allylic oxidation sites excluding steroid dienone is 2. The highest BCUT2D eigenvalue weighted by molar-refractivity contribution is 5.96. The second-order valence-corrected chi connectivity index (χ2v) is 9.46. The van der Waals surface area contributed by atoms with E-state index in [1.807, 2.05) is 19.1 Å². The van der Waals surface area contributed by atoms with Crippen molar-refractivity contribution in [2.75, 3.05) is 26.2 Å². The van der Waals surface area contributed by atoms with Gasteiger partial charge in [-0.3, -0.25) is 14.4 Å². The Hall–Kier alpha value is -2.99. The molecule has 0 aliphatic heterocycles. The van der Waals surface area contributed by atoms with Gasteiger partial charge in [-0.2, -0.15) is 0 Å². The molecule has 1 aliphatic carbocycles. The summed E-state index contributed by atoms with van der Waals surface area (Å²) in [6, 6.07) is 5.31. The standard InChI is InChI=1S/C29H41N3O3/c1-4-9-24(5-2)20-32(22-34)15-14-30-13-12-28(19-25-10-7-6-8-11-25)31-29(35)27-17-23(3)16-26(18-27)21-33/h4-5,9,16-18,21-22,25,28,30H,1-2,6-8,10-15,19-20H2,3H3,(H,31,35)/b24-9+/t28-/m1/s1. The lowest BCUT2D eigenvalue weighted by Crippen LogP contribution is -2.40. The van der Waals surface area contributed by atoms with Crippen LogP contribution in [0.25, 0.3) is 0 Å². The van der Waals surface area contributed by atoms with Crippen molar-refractivity contribution in [2.24, 2.45) is 5.92 Å². The zero-order chi connectivity index (χ0) is 25.5. The van der Waals surface area contributed by atoms with Gasteiger partial charge >= 0.3 is 0 Å². The average molecular weight is 480 g/mol. The fourth-order valence-electron chi connectivity index (χ4n) is 4.72. The fourth-order valence-corrected chi connectivity index (χ4v) is 4.72. The number of benzene rings is 1. The van der Waals surface area contributed by atoms with Gasteiger partial charge in [0.05, 0.1) is 0 Å². The fraction of sp³-hybridized carbons (Fsp3) is 0.483. The normalized spacial score (nSPS) is 15.2. The molecule has 0 radical (unpaired) electrons. The molecule has 0 spiro atoms. The number of amides is 2. The van der Waals surface area contributed by atoms with E-state index in [2.05, 4.69) is 23.8 Å². The first-order chi connectivity index (χ1) is 17.0. The van der Waals surface area contributed by atoms with E-state index in [4.69, 9.17) is 0 Å². The molecule has 190 valence electrons. The highest BCUT2D eigenvalue weighted by Crippen LogP contribution is 2.28. The van der Waals surface area contributed by atoms with Crippen molar-refractivity contribution in [1.29, 1.82) is 0 Å². The predicted molar refractivity (Wildman–Crippen MR) is 143 cm³/mol. The summed E-state index contributed by atoms with van der Waals surface area (Å²) >= 11 is 0. The Morgan fingerprint density at radius 3 is 2.57 bits per heavy atom. The van der Waals surface area contributed by atoms with Gasteiger partial charge in [-0.05, 0) is 61.6 Å². The molecule has 1 aromatic rings. The van der Waals surface area contributed by atoms with Crippen LogP contribution in [0.4, 0.5) is 0 Å². The maximum absolute atomic E-state index is 13.0. The summed E-state index contributed by atoms with van der Waals surface area (Å²) in [7, 11) is 0. The summed E-state index contributed by atoms with van der Waals surface area (Å²) in [6.07, 6.45) is 14.9. The summed E-state index contributed by atoms with van der Waals surface area (Å²) in [5.41, 5.74) is 2.88. The molecule has 2 N–H and O–H groups in total. The van der Waals surface area contributed by atoms with Gasteiger partial charge in [0.1, 0.15) is 6.29 Å². The Balaban J connectivity index is 1.91. The SMILES string of the molecule is C=C/C=C(\C=C)CN(C=O)CCNCC[C@H](CC1CCCCC1)NC(=O)c1cc(C)cc(C=O)c1. The summed E-state index contributed by atoms with van der Waals surface area (Å²) in [5.74, 6) is 0.507. The Kier molecular flexibility index (Phi) is 12.8. The molecule has 6 nitrogen and oxygen atoms in total. The third-order valence-electron chi connectivity index (χ3n) is 6.55. The number of hydrogen-bond acceptors (Lipinski definition) is 4. The van der Waals surface area contributed by atoms with E-state index in [0.29, 0.717) is 36.7 Å². The number of aryl methyl sites for hydroxylation is 1. The molecule has 0 aromatic heterocycles. The lowest BCUT2D eigenvalue weighted by atomic mass is 9.84. The van der Waals surface area contributed by atoms with Crippen molar-refractivity contribution < 1.29 is 14.4 Å². The summed E-state index contributed by atoms with van der Waals surface area (Å²) in [5, 5.41) is 6.65. The molecule has 2 rings (SSSR count). The third kappa shape index (κ3) is 10.4. The largest absolute Gasteiger partial charge is 0.349 e. The number of hydrogen-bond donors (Lipinski definition) is 2. The van der Waals surface area contributed by atoms with Gasteiger partial charge in [0, 0.05) is 36.8 Å². The zero-order valence-corrected chi connectivity index (χ0v) is 21.1. The van der Waals surface area contributed by atoms with Crippen LogP contribution in [-0.2, 0) is 4.79 Å². The van der Waals surface area contributed by atoms with Crippen molar-refractivity contribution in [2.45, 2.75) is 57.9 Å². The Morgan fingerprint density at radius 2 is 1.91 bits per heavy atom. The van der Waals surface area contributed by atoms with Crippen molar-refractivity contribution >= 4 is 18.6 Å². The predicted octanol–water partition coefficient (Wildman–Crippen LogP) is 4.61. The van der Waals surface area contributed by atoms with Gasteiger partial charge in [0.2, 0.25) is 6.41 Å². The molecule has 1 aliphatic rings. The molecule has 35 heavy (non-hydrogen) atoms. The first kappa shape index (κ1) is 28.2. The van der Waals surface area contributed by atoms with Crippen LogP contribution in [0.1, 0.15) is 71.2 Å². The molecule has 0 bridgehead atoms. The average Bonchev–Trinajstić information content (AvgIpc) is 2.87. The van der Waals surface area contributed by atoms with Crippen LogP contribution in [0.2, 0.25) is 0 Å². The molecule has 1 atom stereocenters. The van der Waals surface area contributed by atoms with Crippen molar-refractivity contribution in [3.63, 3.8) is 0 Å². The smallest absolute Gasteiger partial charge is 0.251 e. The van der Waals surface area contributed by atoms with Crippen LogP contribution in [0.5, 0.6) is 0 Å². The molecular formula is C29H41N3O3. The van der Waals surface area contributed by atoms with E-state index >= 15 is 0 Å². The molecule has 1 saturated carbocycles. The number of carbonyl (C=O) groups excluding carboxylic acids is 3. The minimum Gasteiger partial charge on any atom is -0.349 e. The second kappa shape index (κ2) is 15.8. The van der Waals surface area contributed by atoms with Gasteiger partial charge in [0.15, 0.2) is 0 Å². The maximum Gasteiger partial charge on any atom is 0.251 e. The van der Waals surface area contributed by atoms with E-state index in [9.17, 15) is 14.4 Å². The van der Waals surface area contributed by atoms with Gasteiger partial charge in [0.25, 0.3) is 5.91 Å². The third-order valence-corrected chi connectivity index (χ3v) is 6.55. The highest BCUT2D eigenvalue weighted by atomic mass is 16.2. The number of nitrogens with one attached hydrogen (secondary N) is 2. The first-order valence-corrected chi connectivity index (χ1v) is 12.7. The summed E-state index contributed by atoms with van der Waals surface area (Å²) < 4.78 is 0. The van der Waals surface area contributed by atoms with Crippen LogP contribution >= 0.6 is 0 Å². The molecule has 6 heteroatoms. The van der Waals surface area contributed by atoms with Gasteiger partial charge in [-0.1, -0.05) is 63.5 Å². The van der Waals surface area contributed by atoms with Gasteiger partial charge < -0.3 is 15.5 Å². The van der Waals surface area contributed by atoms with Crippen LogP contribution in [0, 0.1) is 12.8 Å². The maximum atomic E-state index is 13.0. The minimum absolute atomic E-state index is 0.0587. The van der Waals surface area contributed by atoms with Crippen LogP contribution in [0.15, 0.2) is 55.2 Å². The molecular weight excluding hydrogens is 438 g/mol. The van der Waals surface area contributed by atoms with Crippen molar-refractivity contribution in [3.05, 3.63) is 71.8 Å². The molecule has 1 aromatic carbocycles. The lowest BCUT2D eigenvalue weighted by molar-refractivity contribution is -0.117. The zero-order valence-electron chi connectivity index (χ0n) is 21.1. The Morgan fingerprint density at radius 1 is 1.14 bits per heavy atom. The van der Waals surface area contributed by atoms with E-state index < -0.39 is 0 Å². The number of aldehydes is 1. The van der Waals surface area contributed by atoms with E-state index in [1.165, 1.54) is 32.1 Å². The first-order valence-electron chi connectivity index (χ1n) is 12.7. The Labute approximate surface area is 210 Å². The van der Waals surface area contributed by atoms with Crippen LogP contribution < -0.4 is 10.6 Å². The second-order valence-electron chi connectivity index (χ2n) is 9.46. The summed E-state index contributed by atoms with van der Waals surface area (Å²) in [4.78, 5) is 37.4. The quantitative estimate of drug-likeness (QED) is 0.206. The van der Waals surface area contributed by atoms with Crippen molar-refractivity contribution in [1.82, 2.24) is 15.5 Å². The minimum atomic E-state index is -0.129. The highest BCUT2D eigenvalue weighted by Gasteiger charge is 2.21. The monoisotopic (exact) mass is 479 g/mol. The molecule has 1 fully saturated rings. The van der Waals surface area contributed by atoms with Gasteiger partial charge in [-0.15, -0.1) is 0 Å². The number of nitrogens with zero attached hydrogens (tertiary/aromatic N) is 1.